The second-order valence-electron chi connectivity index (χ2n) is 4.95. The van der Waals surface area contributed by atoms with Crippen LogP contribution in [0.15, 0.2) is 42.6 Å². The van der Waals surface area contributed by atoms with E-state index in [-0.39, 0.29) is 11.9 Å². The Morgan fingerprint density at radius 2 is 1.91 bits per heavy atom. The summed E-state index contributed by atoms with van der Waals surface area (Å²) in [6, 6.07) is 10.5. The second-order valence-corrected chi connectivity index (χ2v) is 4.95. The van der Waals surface area contributed by atoms with Crippen LogP contribution in [0, 0.1) is 0 Å². The topological polar surface area (TPSA) is 94.3 Å². The normalized spacial score (nSPS) is 10.2. The lowest BCUT2D eigenvalue weighted by atomic mass is 10.1. The lowest BCUT2D eigenvalue weighted by molar-refractivity contribution is 0.0600. The van der Waals surface area contributed by atoms with Crippen LogP contribution in [0.3, 0.4) is 0 Å². The Kier molecular flexibility index (Phi) is 5.82. The van der Waals surface area contributed by atoms with Gasteiger partial charge in [-0.2, -0.15) is 0 Å². The van der Waals surface area contributed by atoms with Gasteiger partial charge in [-0.3, -0.25) is 9.78 Å². The van der Waals surface area contributed by atoms with E-state index in [1.807, 2.05) is 12.1 Å². The summed E-state index contributed by atoms with van der Waals surface area (Å²) in [5, 5.41) is 2.81. The van der Waals surface area contributed by atoms with Crippen molar-refractivity contribution in [3.63, 3.8) is 0 Å². The first-order chi connectivity index (χ1) is 11.1. The molecule has 0 unspecified atom stereocenters. The number of carbonyl (C=O) groups excluding carboxylic acids is 2. The van der Waals surface area contributed by atoms with Crippen molar-refractivity contribution in [2.45, 2.75) is 13.0 Å². The predicted molar refractivity (Wildman–Crippen MR) is 85.9 cm³/mol. The van der Waals surface area contributed by atoms with Gasteiger partial charge in [0.2, 0.25) is 0 Å². The van der Waals surface area contributed by atoms with Crippen molar-refractivity contribution in [1.29, 1.82) is 0 Å². The number of nitrogens with zero attached hydrogens (tertiary/aromatic N) is 1. The van der Waals surface area contributed by atoms with Crippen LogP contribution < -0.4 is 11.1 Å². The summed E-state index contributed by atoms with van der Waals surface area (Å²) >= 11 is 0. The summed E-state index contributed by atoms with van der Waals surface area (Å²) in [6.07, 6.45) is 2.23. The molecule has 1 amide bonds. The summed E-state index contributed by atoms with van der Waals surface area (Å²) in [5.41, 5.74) is 8.28. The molecule has 0 spiro atoms. The van der Waals surface area contributed by atoms with Gasteiger partial charge in [0.1, 0.15) is 5.69 Å². The molecular weight excluding hydrogens is 294 g/mol. The molecule has 0 fully saturated rings. The Bertz CT molecular complexity index is 684. The summed E-state index contributed by atoms with van der Waals surface area (Å²) in [5.74, 6) is -0.595. The lowest BCUT2D eigenvalue weighted by Crippen LogP contribution is -2.26. The molecule has 6 nitrogen and oxygen atoms in total. The van der Waals surface area contributed by atoms with Crippen LogP contribution in [-0.4, -0.2) is 30.5 Å². The van der Waals surface area contributed by atoms with Crippen molar-refractivity contribution in [3.05, 3.63) is 65.0 Å². The molecule has 1 aromatic heterocycles. The fourth-order valence-corrected chi connectivity index (χ4v) is 2.06. The van der Waals surface area contributed by atoms with Gasteiger partial charge in [-0.1, -0.05) is 12.1 Å². The zero-order valence-corrected chi connectivity index (χ0v) is 12.9. The Labute approximate surface area is 134 Å². The number of nitrogens with two attached hydrogens (primary N) is 1. The number of rotatable bonds is 6. The van der Waals surface area contributed by atoms with E-state index >= 15 is 0 Å². The largest absolute Gasteiger partial charge is 0.465 e. The zero-order chi connectivity index (χ0) is 16.7. The molecule has 0 radical (unpaired) electrons. The average Bonchev–Trinajstić information content (AvgIpc) is 2.61. The van der Waals surface area contributed by atoms with Crippen LogP contribution in [0.4, 0.5) is 0 Å². The van der Waals surface area contributed by atoms with E-state index in [1.165, 1.54) is 7.11 Å². The van der Waals surface area contributed by atoms with Crippen molar-refractivity contribution in [2.24, 2.45) is 5.73 Å². The minimum Gasteiger partial charge on any atom is -0.465 e. The van der Waals surface area contributed by atoms with Gasteiger partial charge in [0.25, 0.3) is 5.91 Å². The molecule has 2 aromatic rings. The number of ether oxygens (including phenoxy) is 1. The number of hydrogen-bond acceptors (Lipinski definition) is 5. The van der Waals surface area contributed by atoms with E-state index in [4.69, 9.17) is 5.73 Å². The highest BCUT2D eigenvalue weighted by Gasteiger charge is 2.08. The molecule has 3 N–H and O–H groups in total. The van der Waals surface area contributed by atoms with E-state index in [9.17, 15) is 9.59 Å². The molecule has 2 rings (SSSR count). The van der Waals surface area contributed by atoms with Gasteiger partial charge in [-0.05, 0) is 41.8 Å². The molecule has 0 aliphatic carbocycles. The quantitative estimate of drug-likeness (QED) is 0.784. The van der Waals surface area contributed by atoms with Gasteiger partial charge >= 0.3 is 5.97 Å². The van der Waals surface area contributed by atoms with Crippen LogP contribution in [0.25, 0.3) is 0 Å². The molecule has 120 valence electrons. The minimum absolute atomic E-state index is 0.230. The summed E-state index contributed by atoms with van der Waals surface area (Å²) in [4.78, 5) is 27.4. The van der Waals surface area contributed by atoms with Crippen molar-refractivity contribution in [2.75, 3.05) is 13.7 Å². The second kappa shape index (κ2) is 8.05. The maximum Gasteiger partial charge on any atom is 0.337 e. The Morgan fingerprint density at radius 1 is 1.17 bits per heavy atom. The fraction of sp³-hybridized carbons (Fsp3) is 0.235. The zero-order valence-electron chi connectivity index (χ0n) is 12.9. The number of benzene rings is 1. The number of nitrogens with one attached hydrogen (secondary N) is 1. The van der Waals surface area contributed by atoms with Crippen molar-refractivity contribution in [1.82, 2.24) is 10.3 Å². The van der Waals surface area contributed by atoms with Gasteiger partial charge in [0, 0.05) is 19.3 Å². The van der Waals surface area contributed by atoms with Crippen LogP contribution in [0.1, 0.15) is 32.0 Å². The average molecular weight is 313 g/mol. The number of hydrogen-bond donors (Lipinski definition) is 2. The van der Waals surface area contributed by atoms with Gasteiger partial charge in [-0.15, -0.1) is 0 Å². The van der Waals surface area contributed by atoms with E-state index in [2.05, 4.69) is 15.0 Å². The molecule has 0 aliphatic heterocycles. The molecule has 23 heavy (non-hydrogen) atoms. The maximum absolute atomic E-state index is 12.0. The van der Waals surface area contributed by atoms with E-state index in [0.29, 0.717) is 30.8 Å². The molecule has 0 bridgehead atoms. The van der Waals surface area contributed by atoms with Crippen molar-refractivity contribution in [3.8, 4) is 0 Å². The standard InChI is InChI=1S/C17H19N3O3/c1-23-17(22)14-4-2-12(3-5-14)6-9-20-16(21)15-10-13(11-18)7-8-19-15/h2-5,7-8,10H,6,9,11,18H2,1H3,(H,20,21). The van der Waals surface area contributed by atoms with Crippen LogP contribution in [0.2, 0.25) is 0 Å². The number of aromatic nitrogens is 1. The third-order valence-corrected chi connectivity index (χ3v) is 3.37. The highest BCUT2D eigenvalue weighted by Crippen LogP contribution is 2.06. The first kappa shape index (κ1) is 16.6. The minimum atomic E-state index is -0.365. The molecule has 0 saturated heterocycles. The van der Waals surface area contributed by atoms with Gasteiger partial charge in [0.05, 0.1) is 12.7 Å². The number of esters is 1. The maximum atomic E-state index is 12.0. The molecule has 1 aromatic carbocycles. The third kappa shape index (κ3) is 4.62. The predicted octanol–water partition coefficient (Wildman–Crippen LogP) is 1.30. The number of carbonyl (C=O) groups is 2. The van der Waals surface area contributed by atoms with Gasteiger partial charge in [-0.25, -0.2) is 4.79 Å². The Morgan fingerprint density at radius 3 is 2.57 bits per heavy atom. The lowest BCUT2D eigenvalue weighted by Gasteiger charge is -2.06. The third-order valence-electron chi connectivity index (χ3n) is 3.37. The van der Waals surface area contributed by atoms with Gasteiger partial charge in [0.15, 0.2) is 0 Å². The molecular formula is C17H19N3O3. The summed E-state index contributed by atoms with van der Waals surface area (Å²) in [6.45, 7) is 0.847. The monoisotopic (exact) mass is 313 g/mol. The van der Waals surface area contributed by atoms with Gasteiger partial charge < -0.3 is 15.8 Å². The summed E-state index contributed by atoms with van der Waals surface area (Å²) < 4.78 is 4.64. The highest BCUT2D eigenvalue weighted by atomic mass is 16.5. The number of methoxy groups -OCH3 is 1. The number of amides is 1. The molecule has 1 heterocycles. The molecule has 0 atom stereocenters. The van der Waals surface area contributed by atoms with E-state index in [0.717, 1.165) is 11.1 Å². The molecule has 0 saturated carbocycles. The number of pyridine rings is 1. The van der Waals surface area contributed by atoms with Crippen molar-refractivity contribution >= 4 is 11.9 Å². The first-order valence-electron chi connectivity index (χ1n) is 7.24. The van der Waals surface area contributed by atoms with Crippen LogP contribution >= 0.6 is 0 Å². The van der Waals surface area contributed by atoms with Crippen LogP contribution in [0.5, 0.6) is 0 Å². The van der Waals surface area contributed by atoms with E-state index < -0.39 is 0 Å². The van der Waals surface area contributed by atoms with Crippen LogP contribution in [-0.2, 0) is 17.7 Å². The Hall–Kier alpha value is -2.73. The molecule has 0 aliphatic rings. The summed E-state index contributed by atoms with van der Waals surface area (Å²) in [7, 11) is 1.35. The Balaban J connectivity index is 1.86. The fourth-order valence-electron chi connectivity index (χ4n) is 2.06. The van der Waals surface area contributed by atoms with Crippen molar-refractivity contribution < 1.29 is 14.3 Å². The molecule has 6 heteroatoms. The van der Waals surface area contributed by atoms with E-state index in [1.54, 1.807) is 30.5 Å². The smallest absolute Gasteiger partial charge is 0.337 e. The first-order valence-corrected chi connectivity index (χ1v) is 7.24. The SMILES string of the molecule is COC(=O)c1ccc(CCNC(=O)c2cc(CN)ccn2)cc1. The highest BCUT2D eigenvalue weighted by molar-refractivity contribution is 5.92.